The van der Waals surface area contributed by atoms with Crippen LogP contribution in [0, 0.1) is 5.92 Å². The molecule has 2 aromatic rings. The van der Waals surface area contributed by atoms with E-state index in [1.165, 1.54) is 0 Å². The van der Waals surface area contributed by atoms with Crippen LogP contribution in [0.15, 0.2) is 54.6 Å². The van der Waals surface area contributed by atoms with E-state index in [4.69, 9.17) is 4.74 Å². The zero-order chi connectivity index (χ0) is 16.9. The van der Waals surface area contributed by atoms with Crippen molar-refractivity contribution in [2.45, 2.75) is 25.5 Å². The third-order valence-electron chi connectivity index (χ3n) is 4.01. The van der Waals surface area contributed by atoms with E-state index in [-0.39, 0.29) is 11.8 Å². The molecule has 5 nitrogen and oxygen atoms in total. The van der Waals surface area contributed by atoms with Crippen LogP contribution in [0.25, 0.3) is 0 Å². The fraction of sp³-hybridized carbons (Fsp3) is 0.263. The minimum atomic E-state index is -0.973. The molecule has 0 aliphatic heterocycles. The molecule has 1 amide bonds. The van der Waals surface area contributed by atoms with Gasteiger partial charge in [0.25, 0.3) is 5.91 Å². The van der Waals surface area contributed by atoms with Gasteiger partial charge in [0, 0.05) is 5.56 Å². The molecule has 1 aliphatic rings. The quantitative estimate of drug-likeness (QED) is 0.821. The summed E-state index contributed by atoms with van der Waals surface area (Å²) in [6.45, 7) is 0.408. The Labute approximate surface area is 140 Å². The van der Waals surface area contributed by atoms with Gasteiger partial charge in [0.2, 0.25) is 0 Å². The molecule has 0 spiro atoms. The van der Waals surface area contributed by atoms with Crippen molar-refractivity contribution in [2.24, 2.45) is 5.92 Å². The van der Waals surface area contributed by atoms with Crippen molar-refractivity contribution in [1.82, 2.24) is 5.32 Å². The average Bonchev–Trinajstić information content (AvgIpc) is 3.43. The van der Waals surface area contributed by atoms with Gasteiger partial charge in [-0.3, -0.25) is 4.79 Å². The van der Waals surface area contributed by atoms with Crippen molar-refractivity contribution in [3.63, 3.8) is 0 Å². The molecule has 0 radical (unpaired) electrons. The van der Waals surface area contributed by atoms with E-state index < -0.39 is 12.0 Å². The number of carboxylic acid groups (broad SMARTS) is 1. The Morgan fingerprint density at radius 2 is 1.75 bits per heavy atom. The minimum Gasteiger partial charge on any atom is -0.489 e. The van der Waals surface area contributed by atoms with Crippen LogP contribution in [0.4, 0.5) is 0 Å². The molecule has 0 aromatic heterocycles. The molecule has 0 saturated heterocycles. The molecule has 1 aliphatic carbocycles. The standard InChI is InChI=1S/C19H19NO4/c21-18(20-17(19(22)23)14-10-11-14)15-8-6-13(7-9-15)12-24-16-4-2-1-3-5-16/h1-9,14,17H,10-12H2,(H,20,21)(H,22,23). The predicted octanol–water partition coefficient (Wildman–Crippen LogP) is 2.86. The van der Waals surface area contributed by atoms with Crippen LogP contribution in [-0.4, -0.2) is 23.0 Å². The second kappa shape index (κ2) is 7.17. The summed E-state index contributed by atoms with van der Waals surface area (Å²) in [7, 11) is 0. The number of benzene rings is 2. The first-order chi connectivity index (χ1) is 11.6. The zero-order valence-corrected chi connectivity index (χ0v) is 13.1. The second-order valence-corrected chi connectivity index (χ2v) is 5.93. The molecule has 0 heterocycles. The third kappa shape index (κ3) is 4.13. The van der Waals surface area contributed by atoms with Crippen molar-refractivity contribution in [3.05, 3.63) is 65.7 Å². The number of carbonyl (C=O) groups excluding carboxylic acids is 1. The van der Waals surface area contributed by atoms with Crippen molar-refractivity contribution in [2.75, 3.05) is 0 Å². The van der Waals surface area contributed by atoms with Gasteiger partial charge in [-0.05, 0) is 48.6 Å². The highest BCUT2D eigenvalue weighted by Crippen LogP contribution is 2.32. The molecule has 1 atom stereocenters. The largest absolute Gasteiger partial charge is 0.489 e. The number of rotatable bonds is 7. The monoisotopic (exact) mass is 325 g/mol. The van der Waals surface area contributed by atoms with Crippen LogP contribution in [0.1, 0.15) is 28.8 Å². The summed E-state index contributed by atoms with van der Waals surface area (Å²) in [6.07, 6.45) is 1.71. The summed E-state index contributed by atoms with van der Waals surface area (Å²) < 4.78 is 5.65. The topological polar surface area (TPSA) is 75.6 Å². The van der Waals surface area contributed by atoms with E-state index in [1.807, 2.05) is 42.5 Å². The molecular weight excluding hydrogens is 306 g/mol. The summed E-state index contributed by atoms with van der Waals surface area (Å²) >= 11 is 0. The van der Waals surface area contributed by atoms with Crippen molar-refractivity contribution >= 4 is 11.9 Å². The van der Waals surface area contributed by atoms with Crippen molar-refractivity contribution in [1.29, 1.82) is 0 Å². The van der Waals surface area contributed by atoms with Gasteiger partial charge in [0.15, 0.2) is 0 Å². The summed E-state index contributed by atoms with van der Waals surface area (Å²) in [4.78, 5) is 23.4. The Balaban J connectivity index is 1.57. The van der Waals surface area contributed by atoms with Crippen molar-refractivity contribution < 1.29 is 19.4 Å². The summed E-state index contributed by atoms with van der Waals surface area (Å²) in [5.74, 6) is -0.485. The van der Waals surface area contributed by atoms with Gasteiger partial charge < -0.3 is 15.2 Å². The first-order valence-electron chi connectivity index (χ1n) is 7.94. The van der Waals surface area contributed by atoms with Gasteiger partial charge >= 0.3 is 5.97 Å². The van der Waals surface area contributed by atoms with Gasteiger partial charge in [-0.1, -0.05) is 30.3 Å². The van der Waals surface area contributed by atoms with Crippen LogP contribution in [-0.2, 0) is 11.4 Å². The average molecular weight is 325 g/mol. The highest BCUT2D eigenvalue weighted by Gasteiger charge is 2.37. The summed E-state index contributed by atoms with van der Waals surface area (Å²) in [5, 5.41) is 11.8. The number of carboxylic acids is 1. The van der Waals surface area contributed by atoms with E-state index in [0.717, 1.165) is 24.2 Å². The number of para-hydroxylation sites is 1. The molecule has 0 bridgehead atoms. The highest BCUT2D eigenvalue weighted by atomic mass is 16.5. The lowest BCUT2D eigenvalue weighted by molar-refractivity contribution is -0.139. The minimum absolute atomic E-state index is 0.0602. The van der Waals surface area contributed by atoms with Crippen molar-refractivity contribution in [3.8, 4) is 5.75 Å². The van der Waals surface area contributed by atoms with E-state index in [2.05, 4.69) is 5.32 Å². The lowest BCUT2D eigenvalue weighted by Gasteiger charge is -2.13. The second-order valence-electron chi connectivity index (χ2n) is 5.93. The number of amides is 1. The number of hydrogen-bond acceptors (Lipinski definition) is 3. The molecule has 24 heavy (non-hydrogen) atoms. The highest BCUT2D eigenvalue weighted by molar-refractivity contribution is 5.96. The van der Waals surface area contributed by atoms with Crippen LogP contribution >= 0.6 is 0 Å². The van der Waals surface area contributed by atoms with Gasteiger partial charge in [0.1, 0.15) is 18.4 Å². The van der Waals surface area contributed by atoms with Crippen LogP contribution in [0.5, 0.6) is 5.75 Å². The number of aliphatic carboxylic acids is 1. The Morgan fingerprint density at radius 3 is 2.33 bits per heavy atom. The predicted molar refractivity (Wildman–Crippen MR) is 88.8 cm³/mol. The number of hydrogen-bond donors (Lipinski definition) is 2. The maximum Gasteiger partial charge on any atom is 0.326 e. The fourth-order valence-corrected chi connectivity index (χ4v) is 2.47. The molecule has 2 aromatic carbocycles. The summed E-state index contributed by atoms with van der Waals surface area (Å²) in [6, 6.07) is 15.7. The molecule has 2 N–H and O–H groups in total. The smallest absolute Gasteiger partial charge is 0.326 e. The van der Waals surface area contributed by atoms with Gasteiger partial charge in [-0.15, -0.1) is 0 Å². The van der Waals surface area contributed by atoms with E-state index in [9.17, 15) is 14.7 Å². The molecule has 1 unspecified atom stereocenters. The van der Waals surface area contributed by atoms with Gasteiger partial charge in [0.05, 0.1) is 0 Å². The van der Waals surface area contributed by atoms with E-state index in [0.29, 0.717) is 12.2 Å². The van der Waals surface area contributed by atoms with E-state index >= 15 is 0 Å². The normalized spacial score (nSPS) is 14.7. The lowest BCUT2D eigenvalue weighted by atomic mass is 10.1. The van der Waals surface area contributed by atoms with Gasteiger partial charge in [-0.2, -0.15) is 0 Å². The van der Waals surface area contributed by atoms with E-state index in [1.54, 1.807) is 12.1 Å². The molecule has 3 rings (SSSR count). The molecule has 124 valence electrons. The Kier molecular flexibility index (Phi) is 4.79. The number of carbonyl (C=O) groups is 2. The summed E-state index contributed by atoms with van der Waals surface area (Å²) in [5.41, 5.74) is 1.39. The van der Waals surface area contributed by atoms with Crippen LogP contribution < -0.4 is 10.1 Å². The SMILES string of the molecule is O=C(NC(C(=O)O)C1CC1)c1ccc(COc2ccccc2)cc1. The lowest BCUT2D eigenvalue weighted by Crippen LogP contribution is -2.42. The molecule has 5 heteroatoms. The molecular formula is C19H19NO4. The Bertz CT molecular complexity index is 708. The molecule has 1 fully saturated rings. The van der Waals surface area contributed by atoms with Crippen LogP contribution in [0.2, 0.25) is 0 Å². The Hall–Kier alpha value is -2.82. The maximum atomic E-state index is 12.2. The fourth-order valence-electron chi connectivity index (χ4n) is 2.47. The van der Waals surface area contributed by atoms with Gasteiger partial charge in [-0.25, -0.2) is 4.79 Å². The number of ether oxygens (including phenoxy) is 1. The van der Waals surface area contributed by atoms with Crippen LogP contribution in [0.3, 0.4) is 0 Å². The number of nitrogens with one attached hydrogen (secondary N) is 1. The molecule has 1 saturated carbocycles. The first kappa shape index (κ1) is 16.1. The zero-order valence-electron chi connectivity index (χ0n) is 13.1. The third-order valence-corrected chi connectivity index (χ3v) is 4.01. The Morgan fingerprint density at radius 1 is 1.08 bits per heavy atom. The first-order valence-corrected chi connectivity index (χ1v) is 7.94. The maximum absolute atomic E-state index is 12.2.